The Bertz CT molecular complexity index is 11.6. The molecule has 0 unspecified atom stereocenters. The predicted molar refractivity (Wildman–Crippen MR) is 20.8 cm³/mol. The van der Waals surface area contributed by atoms with Crippen LogP contribution in [0.25, 0.3) is 0 Å². The molecule has 0 aliphatic rings. The van der Waals surface area contributed by atoms with E-state index >= 15 is 0 Å². The van der Waals surface area contributed by atoms with Crippen molar-refractivity contribution in [2.24, 2.45) is 0 Å². The second-order valence-corrected chi connectivity index (χ2v) is 1.93. The fraction of sp³-hybridized carbons (Fsp3) is 0. The van der Waals surface area contributed by atoms with Gasteiger partial charge in [0, 0.05) is 19.5 Å². The third-order valence-corrected chi connectivity index (χ3v) is 0. The fourth-order valence-corrected chi connectivity index (χ4v) is 0. The minimum atomic E-state index is -0.167. The summed E-state index contributed by atoms with van der Waals surface area (Å²) in [6.07, 6.45) is 0. The Kier molecular flexibility index (Phi) is 10.7. The van der Waals surface area contributed by atoms with E-state index in [0.717, 1.165) is 0 Å². The molecular weight excluding hydrogens is 184 g/mol. The zero-order valence-electron chi connectivity index (χ0n) is 2.34. The van der Waals surface area contributed by atoms with Crippen molar-refractivity contribution in [3.63, 3.8) is 0 Å². The van der Waals surface area contributed by atoms with Gasteiger partial charge in [-0.3, -0.25) is 0 Å². The number of hydrogen-bond acceptors (Lipinski definition) is 0. The molecule has 0 heterocycles. The van der Waals surface area contributed by atoms with E-state index < -0.39 is 0 Å². The van der Waals surface area contributed by atoms with Crippen LogP contribution in [0.15, 0.2) is 0 Å². The maximum absolute atomic E-state index is 4.72. The summed E-state index contributed by atoms with van der Waals surface area (Å²) in [6, 6.07) is 0. The van der Waals surface area contributed by atoms with Crippen molar-refractivity contribution in [1.29, 1.82) is 0 Å². The molecule has 0 saturated carbocycles. The van der Waals surface area contributed by atoms with Gasteiger partial charge in [-0.2, -0.15) is 0 Å². The quantitative estimate of drug-likeness (QED) is 0.399. The van der Waals surface area contributed by atoms with Crippen LogP contribution in [0.2, 0.25) is 0 Å². The molecule has 0 N–H and O–H groups in total. The summed E-state index contributed by atoms with van der Waals surface area (Å²) in [7, 11) is 0. The van der Waals surface area contributed by atoms with Gasteiger partial charge in [-0.25, -0.2) is 0 Å². The van der Waals surface area contributed by atoms with Crippen LogP contribution in [0.3, 0.4) is 0 Å². The van der Waals surface area contributed by atoms with Gasteiger partial charge in [0.05, 0.1) is 0 Å². The minimum Gasteiger partial charge on any atom is -0.312 e. The zero-order valence-corrected chi connectivity index (χ0v) is 7.58. The molecule has 0 aliphatic carbocycles. The predicted octanol–water partition coefficient (Wildman–Crippen LogP) is 2.15. The first-order chi connectivity index (χ1) is 1.73. The van der Waals surface area contributed by atoms with Gasteiger partial charge in [0.2, 0.25) is 0 Å². The molecule has 0 spiro atoms. The fourth-order valence-electron chi connectivity index (χ4n) is 0. The molecule has 0 fully saturated rings. The third-order valence-electron chi connectivity index (χ3n) is 0. The first-order valence-electron chi connectivity index (χ1n) is 0.567. The molecule has 0 aromatic heterocycles. The first-order valence-corrected chi connectivity index (χ1v) is 1.70. The number of rotatable bonds is 0. The van der Waals surface area contributed by atoms with Crippen molar-refractivity contribution in [2.45, 2.75) is 0 Å². The van der Waals surface area contributed by atoms with Crippen molar-refractivity contribution < 1.29 is 19.5 Å². The number of halogens is 3. The normalized spacial score (nSPS) is 7.20. The van der Waals surface area contributed by atoms with Gasteiger partial charge < -0.3 is 34.8 Å². The van der Waals surface area contributed by atoms with Crippen molar-refractivity contribution in [3.8, 4) is 0 Å². The van der Waals surface area contributed by atoms with E-state index in [2.05, 4.69) is 0 Å². The standard InChI is InChI=1S/CCl3.Zn/c2-1(3)4;/q-1;. The first kappa shape index (κ1) is 9.71. The molecule has 0 nitrogen and oxygen atoms in total. The second-order valence-electron chi connectivity index (χ2n) is 0.214. The Morgan fingerprint density at radius 1 is 1.00 bits per heavy atom. The van der Waals surface area contributed by atoms with Crippen LogP contribution >= 0.6 is 34.8 Å². The van der Waals surface area contributed by atoms with Gasteiger partial charge >= 0.3 is 0 Å². The van der Waals surface area contributed by atoms with Crippen molar-refractivity contribution in [1.82, 2.24) is 0 Å². The van der Waals surface area contributed by atoms with E-state index in [0.29, 0.717) is 0 Å². The van der Waals surface area contributed by atoms with Gasteiger partial charge in [-0.05, 0) is 0 Å². The molecule has 0 rings (SSSR count). The van der Waals surface area contributed by atoms with Crippen LogP contribution in [-0.2, 0) is 19.5 Å². The van der Waals surface area contributed by atoms with Gasteiger partial charge in [0.1, 0.15) is 0 Å². The second kappa shape index (κ2) is 5.49. The molecule has 0 amide bonds. The summed E-state index contributed by atoms with van der Waals surface area (Å²) >= 11 is 14.2. The van der Waals surface area contributed by atoms with E-state index in [4.69, 9.17) is 34.8 Å². The summed E-state index contributed by atoms with van der Waals surface area (Å²) in [5, 5.41) is 0. The summed E-state index contributed by atoms with van der Waals surface area (Å²) in [5.41, 5.74) is 0. The summed E-state index contributed by atoms with van der Waals surface area (Å²) in [6.45, 7) is 0. The van der Waals surface area contributed by atoms with Crippen LogP contribution < -0.4 is 0 Å². The van der Waals surface area contributed by atoms with Gasteiger partial charge in [0.15, 0.2) is 0 Å². The van der Waals surface area contributed by atoms with Crippen LogP contribution in [0, 0.1) is 4.30 Å². The Labute approximate surface area is 58.5 Å². The molecule has 0 saturated heterocycles. The third kappa shape index (κ3) is 30.1. The smallest absolute Gasteiger partial charge is 0 e. The number of hydrogen-bond donors (Lipinski definition) is 0. The average molecular weight is 184 g/mol. The van der Waals surface area contributed by atoms with E-state index in [-0.39, 0.29) is 23.8 Å². The van der Waals surface area contributed by atoms with E-state index in [1.807, 2.05) is 0 Å². The Hall–Kier alpha value is 1.49. The summed E-state index contributed by atoms with van der Waals surface area (Å²) in [4.78, 5) is 0. The molecule has 28 valence electrons. The summed E-state index contributed by atoms with van der Waals surface area (Å²) < 4.78 is -0.167. The Balaban J connectivity index is 0. The molecule has 0 aliphatic heterocycles. The van der Waals surface area contributed by atoms with Crippen molar-refractivity contribution in [3.05, 3.63) is 4.30 Å². The van der Waals surface area contributed by atoms with E-state index in [9.17, 15) is 0 Å². The van der Waals surface area contributed by atoms with Gasteiger partial charge in [0.25, 0.3) is 0 Å². The minimum absolute atomic E-state index is 0. The Morgan fingerprint density at radius 3 is 1.00 bits per heavy atom. The van der Waals surface area contributed by atoms with Crippen LogP contribution in [0.4, 0.5) is 0 Å². The molecule has 0 bridgehead atoms. The van der Waals surface area contributed by atoms with Crippen molar-refractivity contribution in [2.75, 3.05) is 0 Å². The maximum atomic E-state index is 4.72. The molecule has 0 atom stereocenters. The average Bonchev–Trinajstić information content (AvgIpc) is 0.811. The van der Waals surface area contributed by atoms with Crippen molar-refractivity contribution >= 4 is 34.8 Å². The SMILES string of the molecule is Cl[C-](Cl)Cl.[Zn]. The molecule has 5 heavy (non-hydrogen) atoms. The van der Waals surface area contributed by atoms with Gasteiger partial charge in [-0.1, -0.05) is 4.30 Å². The molecule has 0 radical (unpaired) electrons. The van der Waals surface area contributed by atoms with Gasteiger partial charge in [-0.15, -0.1) is 0 Å². The molecular formula is CCl3Zn-. The largest absolute Gasteiger partial charge is 0.312 e. The molecule has 0 aromatic rings. The van der Waals surface area contributed by atoms with Crippen LogP contribution in [-0.4, -0.2) is 0 Å². The summed E-state index contributed by atoms with van der Waals surface area (Å²) in [5.74, 6) is 0. The monoisotopic (exact) mass is 181 g/mol. The van der Waals surface area contributed by atoms with Crippen LogP contribution in [0.1, 0.15) is 0 Å². The zero-order chi connectivity index (χ0) is 3.58. The van der Waals surface area contributed by atoms with E-state index in [1.54, 1.807) is 0 Å². The molecule has 4 heteroatoms. The topological polar surface area (TPSA) is 0 Å². The molecule has 0 aromatic carbocycles. The maximum Gasteiger partial charge on any atom is 0 e. The van der Waals surface area contributed by atoms with E-state index in [1.165, 1.54) is 0 Å². The van der Waals surface area contributed by atoms with Crippen LogP contribution in [0.5, 0.6) is 0 Å². The Morgan fingerprint density at radius 2 is 1.00 bits per heavy atom.